The van der Waals surface area contributed by atoms with E-state index in [1.54, 1.807) is 18.0 Å². The van der Waals surface area contributed by atoms with Crippen molar-refractivity contribution < 1.29 is 9.53 Å². The van der Waals surface area contributed by atoms with Crippen LogP contribution in [0.5, 0.6) is 5.75 Å². The SMILES string of the molecule is COc1cn(-c2ccccc2)nc1C(=O)N1CCCCCC1. The van der Waals surface area contributed by atoms with Crippen LogP contribution in [0, 0.1) is 0 Å². The molecule has 0 N–H and O–H groups in total. The van der Waals surface area contributed by atoms with Crippen LogP contribution in [0.2, 0.25) is 0 Å². The second-order valence-electron chi connectivity index (χ2n) is 5.53. The first-order chi connectivity index (χ1) is 10.8. The van der Waals surface area contributed by atoms with Crippen molar-refractivity contribution in [2.45, 2.75) is 25.7 Å². The zero-order valence-electron chi connectivity index (χ0n) is 12.9. The van der Waals surface area contributed by atoms with Crippen LogP contribution in [0.15, 0.2) is 36.5 Å². The first-order valence-electron chi connectivity index (χ1n) is 7.78. The van der Waals surface area contributed by atoms with Crippen LogP contribution in [-0.2, 0) is 0 Å². The molecule has 1 fully saturated rings. The molecule has 1 aliphatic rings. The van der Waals surface area contributed by atoms with E-state index >= 15 is 0 Å². The molecule has 0 bridgehead atoms. The molecule has 0 radical (unpaired) electrons. The second kappa shape index (κ2) is 6.64. The van der Waals surface area contributed by atoms with Gasteiger partial charge in [0.1, 0.15) is 0 Å². The minimum Gasteiger partial charge on any atom is -0.493 e. The molecular weight excluding hydrogens is 278 g/mol. The molecular formula is C17H21N3O2. The van der Waals surface area contributed by atoms with E-state index in [-0.39, 0.29) is 5.91 Å². The highest BCUT2D eigenvalue weighted by atomic mass is 16.5. The van der Waals surface area contributed by atoms with E-state index in [0.717, 1.165) is 31.6 Å². The van der Waals surface area contributed by atoms with Gasteiger partial charge in [-0.2, -0.15) is 5.10 Å². The maximum atomic E-state index is 12.7. The molecule has 1 aromatic heterocycles. The van der Waals surface area contributed by atoms with Gasteiger partial charge in [0.2, 0.25) is 0 Å². The number of carbonyl (C=O) groups excluding carboxylic acids is 1. The van der Waals surface area contributed by atoms with Crippen LogP contribution < -0.4 is 4.74 Å². The van der Waals surface area contributed by atoms with Crippen molar-refractivity contribution >= 4 is 5.91 Å². The second-order valence-corrected chi connectivity index (χ2v) is 5.53. The van der Waals surface area contributed by atoms with Gasteiger partial charge in [0.25, 0.3) is 5.91 Å². The van der Waals surface area contributed by atoms with Crippen LogP contribution in [0.3, 0.4) is 0 Å². The van der Waals surface area contributed by atoms with E-state index in [1.807, 2.05) is 35.2 Å². The third-order valence-electron chi connectivity index (χ3n) is 4.02. The Labute approximate surface area is 130 Å². The molecule has 0 atom stereocenters. The number of aromatic nitrogens is 2. The highest BCUT2D eigenvalue weighted by molar-refractivity contribution is 5.95. The molecule has 0 spiro atoms. The lowest BCUT2D eigenvalue weighted by atomic mass is 10.2. The Morgan fingerprint density at radius 1 is 1.09 bits per heavy atom. The molecule has 3 rings (SSSR count). The van der Waals surface area contributed by atoms with E-state index < -0.39 is 0 Å². The van der Waals surface area contributed by atoms with Crippen LogP contribution in [-0.4, -0.2) is 40.8 Å². The van der Waals surface area contributed by atoms with E-state index in [1.165, 1.54) is 12.8 Å². The third kappa shape index (κ3) is 2.98. The Balaban J connectivity index is 1.89. The van der Waals surface area contributed by atoms with Gasteiger partial charge in [-0.1, -0.05) is 31.0 Å². The zero-order valence-corrected chi connectivity index (χ0v) is 12.9. The highest BCUT2D eigenvalue weighted by Crippen LogP contribution is 2.22. The average molecular weight is 299 g/mol. The Hall–Kier alpha value is -2.30. The number of benzene rings is 1. The fourth-order valence-corrected chi connectivity index (χ4v) is 2.79. The van der Waals surface area contributed by atoms with Gasteiger partial charge in [0.05, 0.1) is 19.0 Å². The Bertz CT molecular complexity index is 629. The van der Waals surface area contributed by atoms with Crippen molar-refractivity contribution in [3.63, 3.8) is 0 Å². The molecule has 0 saturated carbocycles. The lowest BCUT2D eigenvalue weighted by Gasteiger charge is -2.19. The normalized spacial score (nSPS) is 15.4. The van der Waals surface area contributed by atoms with E-state index in [4.69, 9.17) is 4.74 Å². The number of amides is 1. The number of para-hydroxylation sites is 1. The summed E-state index contributed by atoms with van der Waals surface area (Å²) in [6.07, 6.45) is 6.28. The molecule has 2 aromatic rings. The van der Waals surface area contributed by atoms with Gasteiger partial charge in [-0.3, -0.25) is 4.79 Å². The van der Waals surface area contributed by atoms with Gasteiger partial charge in [-0.05, 0) is 25.0 Å². The van der Waals surface area contributed by atoms with Crippen molar-refractivity contribution in [3.8, 4) is 11.4 Å². The van der Waals surface area contributed by atoms with Crippen LogP contribution in [0.4, 0.5) is 0 Å². The molecule has 1 aromatic carbocycles. The molecule has 5 heteroatoms. The minimum atomic E-state index is -0.0339. The molecule has 1 amide bonds. The molecule has 0 unspecified atom stereocenters. The Morgan fingerprint density at radius 2 is 1.77 bits per heavy atom. The minimum absolute atomic E-state index is 0.0339. The van der Waals surface area contributed by atoms with Crippen LogP contribution >= 0.6 is 0 Å². The maximum Gasteiger partial charge on any atom is 0.278 e. The largest absolute Gasteiger partial charge is 0.493 e. The van der Waals surface area contributed by atoms with Gasteiger partial charge in [-0.25, -0.2) is 4.68 Å². The summed E-state index contributed by atoms with van der Waals surface area (Å²) in [6.45, 7) is 1.61. The third-order valence-corrected chi connectivity index (χ3v) is 4.02. The predicted octanol–water partition coefficient (Wildman–Crippen LogP) is 2.90. The number of methoxy groups -OCH3 is 1. The summed E-state index contributed by atoms with van der Waals surface area (Å²) in [7, 11) is 1.57. The Kier molecular flexibility index (Phi) is 4.42. The van der Waals surface area contributed by atoms with Crippen LogP contribution in [0.1, 0.15) is 36.2 Å². The van der Waals surface area contributed by atoms with E-state index in [2.05, 4.69) is 5.10 Å². The van der Waals surface area contributed by atoms with Crippen molar-refractivity contribution in [3.05, 3.63) is 42.2 Å². The first-order valence-corrected chi connectivity index (χ1v) is 7.78. The van der Waals surface area contributed by atoms with Gasteiger partial charge < -0.3 is 9.64 Å². The fraction of sp³-hybridized carbons (Fsp3) is 0.412. The van der Waals surface area contributed by atoms with Crippen molar-refractivity contribution in [2.24, 2.45) is 0 Å². The monoisotopic (exact) mass is 299 g/mol. The van der Waals surface area contributed by atoms with Crippen LogP contribution in [0.25, 0.3) is 5.69 Å². The number of nitrogens with zero attached hydrogens (tertiary/aromatic N) is 3. The van der Waals surface area contributed by atoms with E-state index in [0.29, 0.717) is 11.4 Å². The standard InChI is InChI=1S/C17H21N3O2/c1-22-15-13-20(14-9-5-4-6-10-14)18-16(15)17(21)19-11-7-2-3-8-12-19/h4-6,9-10,13H,2-3,7-8,11-12H2,1H3. The lowest BCUT2D eigenvalue weighted by Crippen LogP contribution is -2.32. The molecule has 2 heterocycles. The van der Waals surface area contributed by atoms with Gasteiger partial charge >= 0.3 is 0 Å². The summed E-state index contributed by atoms with van der Waals surface area (Å²) in [5.74, 6) is 0.492. The molecule has 116 valence electrons. The number of carbonyl (C=O) groups is 1. The molecule has 1 saturated heterocycles. The smallest absolute Gasteiger partial charge is 0.278 e. The summed E-state index contributed by atoms with van der Waals surface area (Å²) in [5.41, 5.74) is 1.31. The van der Waals surface area contributed by atoms with Crippen molar-refractivity contribution in [1.29, 1.82) is 0 Å². The topological polar surface area (TPSA) is 47.4 Å². The molecule has 22 heavy (non-hydrogen) atoms. The number of rotatable bonds is 3. The van der Waals surface area contributed by atoms with Gasteiger partial charge in [-0.15, -0.1) is 0 Å². The Morgan fingerprint density at radius 3 is 2.41 bits per heavy atom. The highest BCUT2D eigenvalue weighted by Gasteiger charge is 2.24. The van der Waals surface area contributed by atoms with E-state index in [9.17, 15) is 4.79 Å². The lowest BCUT2D eigenvalue weighted by molar-refractivity contribution is 0.0752. The quantitative estimate of drug-likeness (QED) is 0.875. The molecule has 5 nitrogen and oxygen atoms in total. The number of likely N-dealkylation sites (tertiary alicyclic amines) is 1. The first kappa shape index (κ1) is 14.6. The number of hydrogen-bond donors (Lipinski definition) is 0. The number of ether oxygens (including phenoxy) is 1. The van der Waals surface area contributed by atoms with Crippen molar-refractivity contribution in [2.75, 3.05) is 20.2 Å². The predicted molar refractivity (Wildman–Crippen MR) is 84.5 cm³/mol. The molecule has 1 aliphatic heterocycles. The summed E-state index contributed by atoms with van der Waals surface area (Å²) in [6, 6.07) is 9.74. The fourth-order valence-electron chi connectivity index (χ4n) is 2.79. The summed E-state index contributed by atoms with van der Waals surface area (Å²) in [4.78, 5) is 14.6. The van der Waals surface area contributed by atoms with Crippen molar-refractivity contribution in [1.82, 2.24) is 14.7 Å². The average Bonchev–Trinajstić information content (AvgIpc) is 2.81. The summed E-state index contributed by atoms with van der Waals surface area (Å²) < 4.78 is 7.06. The maximum absolute atomic E-state index is 12.7. The summed E-state index contributed by atoms with van der Waals surface area (Å²) >= 11 is 0. The van der Waals surface area contributed by atoms with Gasteiger partial charge in [0, 0.05) is 13.1 Å². The summed E-state index contributed by atoms with van der Waals surface area (Å²) in [5, 5.41) is 4.46. The van der Waals surface area contributed by atoms with Gasteiger partial charge in [0.15, 0.2) is 11.4 Å². The molecule has 0 aliphatic carbocycles. The number of hydrogen-bond acceptors (Lipinski definition) is 3. The zero-order chi connectivity index (χ0) is 15.4.